The van der Waals surface area contributed by atoms with Crippen LogP contribution in [0.5, 0.6) is 11.5 Å². The third kappa shape index (κ3) is 4.17. The minimum atomic E-state index is -0.618. The van der Waals surface area contributed by atoms with Crippen LogP contribution in [-0.2, 0) is 16.1 Å². The van der Waals surface area contributed by atoms with E-state index in [-0.39, 0.29) is 29.7 Å². The van der Waals surface area contributed by atoms with Gasteiger partial charge in [0.15, 0.2) is 17.3 Å². The van der Waals surface area contributed by atoms with Gasteiger partial charge >= 0.3 is 0 Å². The molecule has 1 aliphatic carbocycles. The summed E-state index contributed by atoms with van der Waals surface area (Å²) in [5.41, 5.74) is 8.09. The second-order valence-corrected chi connectivity index (χ2v) is 7.60. The van der Waals surface area contributed by atoms with Gasteiger partial charge in [-0.3, -0.25) is 4.79 Å². The first-order chi connectivity index (χ1) is 15.5. The number of nitrogens with zero attached hydrogens (tertiary/aromatic N) is 1. The Morgan fingerprint density at radius 1 is 1.19 bits per heavy atom. The van der Waals surface area contributed by atoms with E-state index >= 15 is 0 Å². The Labute approximate surface area is 185 Å². The van der Waals surface area contributed by atoms with Gasteiger partial charge in [0.25, 0.3) is 0 Å². The van der Waals surface area contributed by atoms with Gasteiger partial charge in [-0.25, -0.2) is 4.39 Å². The van der Waals surface area contributed by atoms with Crippen LogP contribution in [0.4, 0.5) is 4.39 Å². The van der Waals surface area contributed by atoms with Crippen molar-refractivity contribution >= 4 is 5.78 Å². The maximum absolute atomic E-state index is 13.5. The number of nitriles is 1. The quantitative estimate of drug-likeness (QED) is 0.713. The molecule has 2 aliphatic rings. The zero-order valence-electron chi connectivity index (χ0n) is 17.7. The van der Waals surface area contributed by atoms with Crippen molar-refractivity contribution in [3.63, 3.8) is 0 Å². The summed E-state index contributed by atoms with van der Waals surface area (Å²) in [5, 5.41) is 9.74. The average molecular weight is 434 g/mol. The second-order valence-electron chi connectivity index (χ2n) is 7.60. The van der Waals surface area contributed by atoms with Crippen molar-refractivity contribution in [2.75, 3.05) is 6.61 Å². The minimum Gasteiger partial charge on any atom is -0.490 e. The van der Waals surface area contributed by atoms with Crippen LogP contribution in [0.3, 0.4) is 0 Å². The smallest absolute Gasteiger partial charge is 0.205 e. The van der Waals surface area contributed by atoms with Gasteiger partial charge in [-0.15, -0.1) is 0 Å². The van der Waals surface area contributed by atoms with E-state index in [0.717, 1.165) is 0 Å². The molecule has 6 nitrogen and oxygen atoms in total. The van der Waals surface area contributed by atoms with Gasteiger partial charge in [-0.1, -0.05) is 18.2 Å². The topological polar surface area (TPSA) is 94.6 Å². The van der Waals surface area contributed by atoms with Crippen LogP contribution in [0.2, 0.25) is 0 Å². The number of rotatable bonds is 6. The Balaban J connectivity index is 1.70. The lowest BCUT2D eigenvalue weighted by atomic mass is 9.77. The van der Waals surface area contributed by atoms with E-state index in [0.29, 0.717) is 59.8 Å². The molecule has 0 fully saturated rings. The molecule has 0 aromatic heterocycles. The molecule has 2 aromatic rings. The van der Waals surface area contributed by atoms with Gasteiger partial charge in [0, 0.05) is 18.4 Å². The van der Waals surface area contributed by atoms with Crippen molar-refractivity contribution in [2.24, 2.45) is 5.73 Å². The zero-order valence-corrected chi connectivity index (χ0v) is 17.7. The van der Waals surface area contributed by atoms with Crippen molar-refractivity contribution < 1.29 is 23.4 Å². The summed E-state index contributed by atoms with van der Waals surface area (Å²) in [4.78, 5) is 12.7. The molecule has 4 rings (SSSR count). The Morgan fingerprint density at radius 3 is 2.78 bits per heavy atom. The lowest BCUT2D eigenvalue weighted by Crippen LogP contribution is -2.27. The van der Waals surface area contributed by atoms with Crippen molar-refractivity contribution in [1.82, 2.24) is 0 Å². The first-order valence-electron chi connectivity index (χ1n) is 10.5. The van der Waals surface area contributed by atoms with E-state index in [1.54, 1.807) is 30.3 Å². The summed E-state index contributed by atoms with van der Waals surface area (Å²) in [6.45, 7) is 2.41. The molecule has 0 saturated carbocycles. The highest BCUT2D eigenvalue weighted by Gasteiger charge is 2.38. The summed E-state index contributed by atoms with van der Waals surface area (Å²) in [7, 11) is 0. The molecule has 1 unspecified atom stereocenters. The first-order valence-corrected chi connectivity index (χ1v) is 10.5. The SMILES string of the molecule is CCOc1cc(C2C(C#N)=C(N)OC3=C2C(=O)CCC3)ccc1OCc1cccc(F)c1. The minimum absolute atomic E-state index is 0.0235. The van der Waals surface area contributed by atoms with Crippen molar-refractivity contribution in [3.8, 4) is 17.6 Å². The number of hydrogen-bond acceptors (Lipinski definition) is 6. The summed E-state index contributed by atoms with van der Waals surface area (Å²) >= 11 is 0. The number of Topliss-reactive ketones (excluding diaryl/α,β-unsaturated/α-hetero) is 1. The number of carbonyl (C=O) groups is 1. The number of hydrogen-bond donors (Lipinski definition) is 1. The van der Waals surface area contributed by atoms with E-state index in [2.05, 4.69) is 6.07 Å². The fraction of sp³-hybridized carbons (Fsp3) is 0.280. The fourth-order valence-electron chi connectivity index (χ4n) is 4.07. The Bertz CT molecular complexity index is 1160. The van der Waals surface area contributed by atoms with Crippen LogP contribution < -0.4 is 15.2 Å². The van der Waals surface area contributed by atoms with Gasteiger partial charge < -0.3 is 19.9 Å². The molecule has 2 aromatic carbocycles. The molecule has 0 spiro atoms. The number of halogens is 1. The first kappa shape index (κ1) is 21.4. The molecular weight excluding hydrogens is 411 g/mol. The Morgan fingerprint density at radius 2 is 2.03 bits per heavy atom. The Hall–Kier alpha value is -3.79. The van der Waals surface area contributed by atoms with Gasteiger partial charge in [0.05, 0.1) is 12.5 Å². The van der Waals surface area contributed by atoms with E-state index in [1.165, 1.54) is 12.1 Å². The molecule has 1 aliphatic heterocycles. The summed E-state index contributed by atoms with van der Waals surface area (Å²) in [6, 6.07) is 13.6. The second kappa shape index (κ2) is 9.15. The molecule has 1 heterocycles. The Kier molecular flexibility index (Phi) is 6.13. The van der Waals surface area contributed by atoms with Crippen LogP contribution in [-0.4, -0.2) is 12.4 Å². The maximum atomic E-state index is 13.5. The molecule has 1 atom stereocenters. The molecule has 164 valence electrons. The van der Waals surface area contributed by atoms with E-state index in [9.17, 15) is 14.4 Å². The normalized spacial score (nSPS) is 18.0. The van der Waals surface area contributed by atoms with Gasteiger partial charge in [0.2, 0.25) is 5.88 Å². The number of ether oxygens (including phenoxy) is 3. The van der Waals surface area contributed by atoms with Crippen LogP contribution in [0, 0.1) is 17.1 Å². The standard InChI is InChI=1S/C25H23FN2O4/c1-2-30-22-12-16(9-10-20(22)31-14-15-5-3-6-17(26)11-15)23-18(13-27)25(28)32-21-8-4-7-19(29)24(21)23/h3,5-6,9-12,23H,2,4,7-8,14,28H2,1H3. The van der Waals surface area contributed by atoms with Crippen LogP contribution in [0.15, 0.2) is 65.3 Å². The lowest BCUT2D eigenvalue weighted by Gasteiger charge is -2.31. The van der Waals surface area contributed by atoms with Crippen LogP contribution in [0.1, 0.15) is 43.2 Å². The highest BCUT2D eigenvalue weighted by atomic mass is 19.1. The maximum Gasteiger partial charge on any atom is 0.205 e. The monoisotopic (exact) mass is 434 g/mol. The largest absolute Gasteiger partial charge is 0.490 e. The van der Waals surface area contributed by atoms with Crippen molar-refractivity contribution in [1.29, 1.82) is 5.26 Å². The van der Waals surface area contributed by atoms with Gasteiger partial charge in [-0.05, 0) is 48.7 Å². The summed E-state index contributed by atoms with van der Waals surface area (Å²) in [5.74, 6) is 0.512. The predicted octanol–water partition coefficient (Wildman–Crippen LogP) is 4.62. The highest BCUT2D eigenvalue weighted by molar-refractivity contribution is 5.99. The van der Waals surface area contributed by atoms with Crippen LogP contribution in [0.25, 0.3) is 0 Å². The number of allylic oxidation sites excluding steroid dienone is 3. The third-order valence-electron chi connectivity index (χ3n) is 5.49. The zero-order chi connectivity index (χ0) is 22.7. The molecule has 0 saturated heterocycles. The van der Waals surface area contributed by atoms with Gasteiger partial charge in [0.1, 0.15) is 29.8 Å². The molecule has 7 heteroatoms. The molecule has 0 bridgehead atoms. The molecule has 32 heavy (non-hydrogen) atoms. The van der Waals surface area contributed by atoms with E-state index < -0.39 is 5.92 Å². The number of benzene rings is 2. The summed E-state index contributed by atoms with van der Waals surface area (Å²) < 4.78 is 30.7. The average Bonchev–Trinajstić information content (AvgIpc) is 2.78. The molecule has 0 radical (unpaired) electrons. The predicted molar refractivity (Wildman–Crippen MR) is 115 cm³/mol. The summed E-state index contributed by atoms with van der Waals surface area (Å²) in [6.07, 6.45) is 1.70. The fourth-order valence-corrected chi connectivity index (χ4v) is 4.07. The molecule has 0 amide bonds. The number of carbonyl (C=O) groups excluding carboxylic acids is 1. The van der Waals surface area contributed by atoms with Gasteiger partial charge in [-0.2, -0.15) is 5.26 Å². The van der Waals surface area contributed by atoms with Crippen molar-refractivity contribution in [3.05, 3.63) is 82.2 Å². The number of ketones is 1. The van der Waals surface area contributed by atoms with E-state index in [1.807, 2.05) is 6.92 Å². The van der Waals surface area contributed by atoms with Crippen LogP contribution >= 0.6 is 0 Å². The van der Waals surface area contributed by atoms with E-state index in [4.69, 9.17) is 19.9 Å². The number of nitrogens with two attached hydrogens (primary N) is 1. The lowest BCUT2D eigenvalue weighted by molar-refractivity contribution is -0.116. The third-order valence-corrected chi connectivity index (χ3v) is 5.49. The van der Waals surface area contributed by atoms with Crippen molar-refractivity contribution in [2.45, 2.75) is 38.7 Å². The molecule has 2 N–H and O–H groups in total. The highest BCUT2D eigenvalue weighted by Crippen LogP contribution is 2.45. The molecular formula is C25H23FN2O4.